The van der Waals surface area contributed by atoms with Crippen LogP contribution in [0.3, 0.4) is 0 Å². The number of aryl methyl sites for hydroxylation is 2. The minimum Gasteiger partial charge on any atom is -0.140 e. The monoisotopic (exact) mass is 360 g/mol. The van der Waals surface area contributed by atoms with E-state index in [1.807, 2.05) is 22.7 Å². The predicted molar refractivity (Wildman–Crippen MR) is 114 cm³/mol. The molecule has 0 saturated heterocycles. The summed E-state index contributed by atoms with van der Waals surface area (Å²) >= 11 is 3.88. The second-order valence-electron chi connectivity index (χ2n) is 6.87. The second-order valence-corrected chi connectivity index (χ2v) is 9.38. The Morgan fingerprint density at radius 2 is 1.08 bits per heavy atom. The maximum absolute atomic E-state index is 2.30. The summed E-state index contributed by atoms with van der Waals surface area (Å²) in [4.78, 5) is 2.93. The van der Waals surface area contributed by atoms with Crippen molar-refractivity contribution in [3.05, 3.63) is 69.4 Å². The fourth-order valence-electron chi connectivity index (χ4n) is 4.38. The number of thiophene rings is 2. The lowest BCUT2D eigenvalue weighted by Crippen LogP contribution is -1.88. The minimum atomic E-state index is 1.21. The van der Waals surface area contributed by atoms with Crippen LogP contribution in [0.4, 0.5) is 0 Å². The Morgan fingerprint density at radius 1 is 0.640 bits per heavy atom. The number of fused-ring (bicyclic) bond motifs is 2. The first-order chi connectivity index (χ1) is 12.2. The lowest BCUT2D eigenvalue weighted by atomic mass is 9.94. The van der Waals surface area contributed by atoms with E-state index in [2.05, 4.69) is 62.4 Å². The van der Waals surface area contributed by atoms with E-state index in [-0.39, 0.29) is 0 Å². The first kappa shape index (κ1) is 15.4. The van der Waals surface area contributed by atoms with Gasteiger partial charge < -0.3 is 0 Å². The topological polar surface area (TPSA) is 0 Å². The fraction of sp³-hybridized carbons (Fsp3) is 0.217. The van der Waals surface area contributed by atoms with Crippen molar-refractivity contribution in [3.8, 4) is 0 Å². The second kappa shape index (κ2) is 5.82. The van der Waals surface area contributed by atoms with Crippen LogP contribution < -0.4 is 0 Å². The molecule has 1 aliphatic carbocycles. The number of benzene rings is 2. The summed E-state index contributed by atoms with van der Waals surface area (Å²) in [5, 5.41) is 2.88. The van der Waals surface area contributed by atoms with Gasteiger partial charge in [0.25, 0.3) is 0 Å². The fourth-order valence-corrected chi connectivity index (χ4v) is 6.56. The van der Waals surface area contributed by atoms with Crippen molar-refractivity contribution in [3.63, 3.8) is 0 Å². The molecule has 0 saturated carbocycles. The Bertz CT molecular complexity index is 1050. The maximum Gasteiger partial charge on any atom is 0.0351 e. The molecular weight excluding hydrogens is 340 g/mol. The average molecular weight is 361 g/mol. The van der Waals surface area contributed by atoms with Crippen molar-refractivity contribution in [1.29, 1.82) is 0 Å². The Hall–Kier alpha value is -1.90. The average Bonchev–Trinajstić information content (AvgIpc) is 3.27. The maximum atomic E-state index is 2.30. The van der Waals surface area contributed by atoms with Gasteiger partial charge >= 0.3 is 0 Å². The van der Waals surface area contributed by atoms with E-state index in [0.29, 0.717) is 0 Å². The van der Waals surface area contributed by atoms with Crippen molar-refractivity contribution in [2.45, 2.75) is 33.1 Å². The van der Waals surface area contributed by atoms with Crippen LogP contribution in [0.2, 0.25) is 0 Å². The molecule has 0 aliphatic heterocycles. The Balaban J connectivity index is 1.82. The zero-order chi connectivity index (χ0) is 17.0. The molecule has 0 radical (unpaired) electrons. The molecular formula is C23H20S2. The molecule has 25 heavy (non-hydrogen) atoms. The van der Waals surface area contributed by atoms with Gasteiger partial charge in [-0.3, -0.25) is 0 Å². The van der Waals surface area contributed by atoms with E-state index < -0.39 is 0 Å². The molecule has 2 aromatic carbocycles. The van der Waals surface area contributed by atoms with E-state index in [0.717, 1.165) is 0 Å². The van der Waals surface area contributed by atoms with Crippen molar-refractivity contribution < 1.29 is 0 Å². The smallest absolute Gasteiger partial charge is 0.0351 e. The highest BCUT2D eigenvalue weighted by Gasteiger charge is 2.25. The highest BCUT2D eigenvalue weighted by molar-refractivity contribution is 7.19. The minimum absolute atomic E-state index is 1.21. The van der Waals surface area contributed by atoms with Crippen LogP contribution in [0.5, 0.6) is 0 Å². The van der Waals surface area contributed by atoms with Gasteiger partial charge in [-0.15, -0.1) is 22.7 Å². The first-order valence-corrected chi connectivity index (χ1v) is 10.6. The van der Waals surface area contributed by atoms with E-state index in [9.17, 15) is 0 Å². The van der Waals surface area contributed by atoms with Crippen molar-refractivity contribution in [2.24, 2.45) is 0 Å². The molecule has 0 unspecified atom stereocenters. The van der Waals surface area contributed by atoms with Crippen LogP contribution in [0.25, 0.3) is 31.3 Å². The summed E-state index contributed by atoms with van der Waals surface area (Å²) in [6.07, 6.45) is 3.69. The summed E-state index contributed by atoms with van der Waals surface area (Å²) in [5.74, 6) is 0. The van der Waals surface area contributed by atoms with Crippen LogP contribution in [-0.4, -0.2) is 0 Å². The molecule has 0 bridgehead atoms. The quantitative estimate of drug-likeness (QED) is 0.342. The highest BCUT2D eigenvalue weighted by atomic mass is 32.1. The van der Waals surface area contributed by atoms with Gasteiger partial charge in [-0.2, -0.15) is 0 Å². The molecule has 5 rings (SSSR count). The van der Waals surface area contributed by atoms with Crippen LogP contribution in [0, 0.1) is 13.8 Å². The number of allylic oxidation sites excluding steroid dienone is 2. The first-order valence-electron chi connectivity index (χ1n) is 8.93. The SMILES string of the molecule is Cc1sc2ccccc2c1C1=C(c2c(C)sc3ccccc23)CCC1. The van der Waals surface area contributed by atoms with Crippen LogP contribution >= 0.6 is 22.7 Å². The number of hydrogen-bond acceptors (Lipinski definition) is 2. The molecule has 0 nitrogen and oxygen atoms in total. The van der Waals surface area contributed by atoms with E-state index in [1.165, 1.54) is 60.3 Å². The van der Waals surface area contributed by atoms with Gasteiger partial charge in [-0.25, -0.2) is 0 Å². The molecule has 0 N–H and O–H groups in total. The van der Waals surface area contributed by atoms with Gasteiger partial charge in [0, 0.05) is 29.9 Å². The third-order valence-electron chi connectivity index (χ3n) is 5.36. The summed E-state index contributed by atoms with van der Waals surface area (Å²) in [6.45, 7) is 4.59. The number of rotatable bonds is 2. The van der Waals surface area contributed by atoms with Gasteiger partial charge in [0.05, 0.1) is 0 Å². The molecule has 4 aromatic rings. The third-order valence-corrected chi connectivity index (χ3v) is 7.54. The van der Waals surface area contributed by atoms with Crippen LogP contribution in [-0.2, 0) is 0 Å². The molecule has 2 aromatic heterocycles. The normalized spacial score (nSPS) is 15.0. The molecule has 0 atom stereocenters. The zero-order valence-electron chi connectivity index (χ0n) is 14.6. The Labute approximate surface area is 156 Å². The lowest BCUT2D eigenvalue weighted by molar-refractivity contribution is 0.942. The van der Waals surface area contributed by atoms with Crippen LogP contribution in [0.1, 0.15) is 40.1 Å². The molecule has 2 heterocycles. The van der Waals surface area contributed by atoms with Crippen molar-refractivity contribution in [2.75, 3.05) is 0 Å². The van der Waals surface area contributed by atoms with E-state index >= 15 is 0 Å². The summed E-state index contributed by atoms with van der Waals surface area (Å²) in [6, 6.07) is 17.8. The molecule has 2 heteroatoms. The van der Waals surface area contributed by atoms with Crippen molar-refractivity contribution in [1.82, 2.24) is 0 Å². The molecule has 124 valence electrons. The van der Waals surface area contributed by atoms with E-state index in [4.69, 9.17) is 0 Å². The molecule has 0 fully saturated rings. The largest absolute Gasteiger partial charge is 0.140 e. The summed E-state index contributed by atoms with van der Waals surface area (Å²) in [7, 11) is 0. The predicted octanol–water partition coefficient (Wildman–Crippen LogP) is 7.83. The molecule has 1 aliphatic rings. The Morgan fingerprint density at radius 3 is 1.56 bits per heavy atom. The van der Waals surface area contributed by atoms with Crippen molar-refractivity contribution >= 4 is 54.0 Å². The highest BCUT2D eigenvalue weighted by Crippen LogP contribution is 2.48. The summed E-state index contributed by atoms with van der Waals surface area (Å²) in [5.41, 5.74) is 6.23. The van der Waals surface area contributed by atoms with Gasteiger partial charge in [0.2, 0.25) is 0 Å². The van der Waals surface area contributed by atoms with E-state index in [1.54, 1.807) is 11.1 Å². The van der Waals surface area contributed by atoms with Crippen LogP contribution in [0.15, 0.2) is 48.5 Å². The standard InChI is InChI=1S/C23H20S2/c1-14-22(18-8-3-5-12-20(18)24-14)16-10-7-11-17(16)23-15(2)25-21-13-6-4-9-19(21)23/h3-6,8-9,12-13H,7,10-11H2,1-2H3. The molecule has 0 spiro atoms. The van der Waals surface area contributed by atoms with Gasteiger partial charge in [-0.1, -0.05) is 36.4 Å². The summed E-state index contributed by atoms with van der Waals surface area (Å²) < 4.78 is 2.83. The van der Waals surface area contributed by atoms with Gasteiger partial charge in [-0.05, 0) is 67.5 Å². The molecule has 0 amide bonds. The Kier molecular flexibility index (Phi) is 3.58. The zero-order valence-corrected chi connectivity index (χ0v) is 16.2. The van der Waals surface area contributed by atoms with Gasteiger partial charge in [0.15, 0.2) is 0 Å². The third kappa shape index (κ3) is 2.32. The number of hydrogen-bond donors (Lipinski definition) is 0. The lowest BCUT2D eigenvalue weighted by Gasteiger charge is -2.10. The van der Waals surface area contributed by atoms with Gasteiger partial charge in [0.1, 0.15) is 0 Å².